The first-order chi connectivity index (χ1) is 10.3. The van der Waals surface area contributed by atoms with Crippen LogP contribution in [0.3, 0.4) is 0 Å². The highest BCUT2D eigenvalue weighted by molar-refractivity contribution is 6.00. The van der Waals surface area contributed by atoms with E-state index in [0.29, 0.717) is 0 Å². The molecule has 0 aromatic heterocycles. The van der Waals surface area contributed by atoms with E-state index in [1.165, 1.54) is 25.7 Å². The molecule has 1 aliphatic heterocycles. The third-order valence-electron chi connectivity index (χ3n) is 4.34. The van der Waals surface area contributed by atoms with Crippen LogP contribution in [0.2, 0.25) is 0 Å². The van der Waals surface area contributed by atoms with Gasteiger partial charge in [0.1, 0.15) is 5.75 Å². The maximum absolute atomic E-state index is 12.8. The number of unbranched alkanes of at least 4 members (excludes halogenated alkanes) is 2. The molecule has 0 spiro atoms. The van der Waals surface area contributed by atoms with Crippen LogP contribution in [0.1, 0.15) is 55.8 Å². The van der Waals surface area contributed by atoms with Gasteiger partial charge in [0.2, 0.25) is 0 Å². The van der Waals surface area contributed by atoms with Crippen molar-refractivity contribution in [1.29, 1.82) is 0 Å². The molecule has 3 heteroatoms. The number of ether oxygens (including phenoxy) is 1. The Balaban J connectivity index is 2.07. The molecule has 0 unspecified atom stereocenters. The quantitative estimate of drug-likeness (QED) is 0.536. The molecule has 1 fully saturated rings. The Bertz CT molecular complexity index is 435. The van der Waals surface area contributed by atoms with E-state index in [2.05, 4.69) is 11.8 Å². The third-order valence-corrected chi connectivity index (χ3v) is 4.34. The van der Waals surface area contributed by atoms with Gasteiger partial charge in [-0.3, -0.25) is 9.69 Å². The van der Waals surface area contributed by atoms with Gasteiger partial charge < -0.3 is 4.74 Å². The minimum absolute atomic E-state index is 0.0624. The fraction of sp³-hybridized carbons (Fsp3) is 0.611. The van der Waals surface area contributed by atoms with Crippen LogP contribution in [-0.4, -0.2) is 36.9 Å². The number of carbonyl (C=O) groups is 1. The smallest absolute Gasteiger partial charge is 0.179 e. The standard InChI is InChI=1S/C18H27NO2/c1-3-4-5-8-17(19-13-6-7-14-19)18(20)15-9-11-16(21-2)12-10-15/h9-12,17H,3-8,13-14H2,1-2H3/t17-/m0/s1. The maximum Gasteiger partial charge on any atom is 0.179 e. The second-order valence-corrected chi connectivity index (χ2v) is 5.85. The van der Waals surface area contributed by atoms with Gasteiger partial charge in [0.25, 0.3) is 0 Å². The van der Waals surface area contributed by atoms with Crippen molar-refractivity contribution < 1.29 is 9.53 Å². The molecule has 1 heterocycles. The molecule has 0 bridgehead atoms. The van der Waals surface area contributed by atoms with Crippen molar-refractivity contribution in [3.63, 3.8) is 0 Å². The van der Waals surface area contributed by atoms with E-state index in [0.717, 1.165) is 37.2 Å². The number of carbonyl (C=O) groups excluding carboxylic acids is 1. The van der Waals surface area contributed by atoms with Gasteiger partial charge in [-0.1, -0.05) is 26.2 Å². The lowest BCUT2D eigenvalue weighted by molar-refractivity contribution is 0.0835. The molecule has 3 nitrogen and oxygen atoms in total. The molecular weight excluding hydrogens is 262 g/mol. The number of benzene rings is 1. The zero-order valence-corrected chi connectivity index (χ0v) is 13.3. The highest BCUT2D eigenvalue weighted by Crippen LogP contribution is 2.21. The van der Waals surface area contributed by atoms with Gasteiger partial charge in [0.05, 0.1) is 13.2 Å². The molecule has 0 amide bonds. The van der Waals surface area contributed by atoms with Crippen molar-refractivity contribution in [3.05, 3.63) is 29.8 Å². The zero-order chi connectivity index (χ0) is 15.1. The molecule has 1 aliphatic rings. The minimum atomic E-state index is 0.0624. The number of Topliss-reactive ketones (excluding diaryl/α,β-unsaturated/α-hetero) is 1. The van der Waals surface area contributed by atoms with E-state index in [1.807, 2.05) is 24.3 Å². The van der Waals surface area contributed by atoms with Crippen LogP contribution in [-0.2, 0) is 0 Å². The van der Waals surface area contributed by atoms with E-state index >= 15 is 0 Å². The van der Waals surface area contributed by atoms with Crippen molar-refractivity contribution >= 4 is 5.78 Å². The van der Waals surface area contributed by atoms with Crippen LogP contribution in [0, 0.1) is 0 Å². The Hall–Kier alpha value is -1.35. The highest BCUT2D eigenvalue weighted by atomic mass is 16.5. The Morgan fingerprint density at radius 3 is 2.43 bits per heavy atom. The molecule has 1 atom stereocenters. The molecule has 0 N–H and O–H groups in total. The summed E-state index contributed by atoms with van der Waals surface area (Å²) in [6, 6.07) is 7.60. The Morgan fingerprint density at radius 1 is 1.19 bits per heavy atom. The molecule has 2 rings (SSSR count). The summed E-state index contributed by atoms with van der Waals surface area (Å²) in [6.45, 7) is 4.34. The van der Waals surface area contributed by atoms with Gasteiger partial charge in [0.15, 0.2) is 5.78 Å². The summed E-state index contributed by atoms with van der Waals surface area (Å²) in [6.07, 6.45) is 6.97. The first-order valence-corrected chi connectivity index (χ1v) is 8.18. The van der Waals surface area contributed by atoms with E-state index in [9.17, 15) is 4.79 Å². The van der Waals surface area contributed by atoms with Gasteiger partial charge in [-0.05, 0) is 56.6 Å². The van der Waals surface area contributed by atoms with E-state index in [4.69, 9.17) is 4.74 Å². The summed E-state index contributed by atoms with van der Waals surface area (Å²) in [4.78, 5) is 15.2. The van der Waals surface area contributed by atoms with Gasteiger partial charge in [-0.2, -0.15) is 0 Å². The third kappa shape index (κ3) is 4.31. The van der Waals surface area contributed by atoms with Crippen LogP contribution in [0.5, 0.6) is 5.75 Å². The van der Waals surface area contributed by atoms with Gasteiger partial charge in [-0.15, -0.1) is 0 Å². The number of methoxy groups -OCH3 is 1. The lowest BCUT2D eigenvalue weighted by Gasteiger charge is -2.26. The topological polar surface area (TPSA) is 29.5 Å². The van der Waals surface area contributed by atoms with Crippen molar-refractivity contribution in [2.75, 3.05) is 20.2 Å². The number of hydrogen-bond acceptors (Lipinski definition) is 3. The predicted molar refractivity (Wildman–Crippen MR) is 86.1 cm³/mol. The molecule has 0 saturated carbocycles. The molecular formula is C18H27NO2. The SMILES string of the molecule is CCCCC[C@@H](C(=O)c1ccc(OC)cc1)N1CCCC1. The van der Waals surface area contributed by atoms with Crippen molar-refractivity contribution in [3.8, 4) is 5.75 Å². The first-order valence-electron chi connectivity index (χ1n) is 8.18. The fourth-order valence-electron chi connectivity index (χ4n) is 3.07. The number of ketones is 1. The van der Waals surface area contributed by atoms with Crippen LogP contribution < -0.4 is 4.74 Å². The average molecular weight is 289 g/mol. The largest absolute Gasteiger partial charge is 0.497 e. The number of hydrogen-bond donors (Lipinski definition) is 0. The molecule has 1 aromatic rings. The molecule has 1 saturated heterocycles. The summed E-state index contributed by atoms with van der Waals surface area (Å²) in [7, 11) is 1.65. The van der Waals surface area contributed by atoms with Gasteiger partial charge in [0, 0.05) is 5.56 Å². The highest BCUT2D eigenvalue weighted by Gasteiger charge is 2.28. The molecule has 0 radical (unpaired) electrons. The van der Waals surface area contributed by atoms with E-state index in [-0.39, 0.29) is 11.8 Å². The predicted octanol–water partition coefficient (Wildman–Crippen LogP) is 3.92. The summed E-state index contributed by atoms with van der Waals surface area (Å²) in [5, 5.41) is 0. The second kappa shape index (κ2) is 8.18. The number of rotatable bonds is 8. The molecule has 1 aromatic carbocycles. The normalized spacial score (nSPS) is 16.9. The van der Waals surface area contributed by atoms with E-state index in [1.54, 1.807) is 7.11 Å². The second-order valence-electron chi connectivity index (χ2n) is 5.85. The number of likely N-dealkylation sites (tertiary alicyclic amines) is 1. The molecule has 0 aliphatic carbocycles. The van der Waals surface area contributed by atoms with Crippen LogP contribution >= 0.6 is 0 Å². The molecule has 21 heavy (non-hydrogen) atoms. The maximum atomic E-state index is 12.8. The summed E-state index contributed by atoms with van der Waals surface area (Å²) in [5.41, 5.74) is 0.809. The van der Waals surface area contributed by atoms with Gasteiger partial charge in [-0.25, -0.2) is 0 Å². The van der Waals surface area contributed by atoms with Crippen molar-refractivity contribution in [2.24, 2.45) is 0 Å². The van der Waals surface area contributed by atoms with Crippen molar-refractivity contribution in [1.82, 2.24) is 4.90 Å². The Labute approximate surface area is 128 Å². The summed E-state index contributed by atoms with van der Waals surface area (Å²) < 4.78 is 5.17. The first kappa shape index (κ1) is 16.0. The number of nitrogens with zero attached hydrogens (tertiary/aromatic N) is 1. The summed E-state index contributed by atoms with van der Waals surface area (Å²) >= 11 is 0. The lowest BCUT2D eigenvalue weighted by Crippen LogP contribution is -2.39. The molecule has 116 valence electrons. The zero-order valence-electron chi connectivity index (χ0n) is 13.3. The van der Waals surface area contributed by atoms with Crippen LogP contribution in [0.25, 0.3) is 0 Å². The Kier molecular flexibility index (Phi) is 6.24. The summed E-state index contributed by atoms with van der Waals surface area (Å²) in [5.74, 6) is 1.07. The fourth-order valence-corrected chi connectivity index (χ4v) is 3.07. The van der Waals surface area contributed by atoms with Crippen molar-refractivity contribution in [2.45, 2.75) is 51.5 Å². The average Bonchev–Trinajstić information content (AvgIpc) is 3.05. The van der Waals surface area contributed by atoms with Crippen LogP contribution in [0.15, 0.2) is 24.3 Å². The minimum Gasteiger partial charge on any atom is -0.497 e. The lowest BCUT2D eigenvalue weighted by atomic mass is 9.97. The van der Waals surface area contributed by atoms with Crippen LogP contribution in [0.4, 0.5) is 0 Å². The monoisotopic (exact) mass is 289 g/mol. The van der Waals surface area contributed by atoms with Gasteiger partial charge >= 0.3 is 0 Å². The van der Waals surface area contributed by atoms with E-state index < -0.39 is 0 Å². The Morgan fingerprint density at radius 2 is 1.86 bits per heavy atom.